The first kappa shape index (κ1) is 12.7. The first-order chi connectivity index (χ1) is 7.69. The highest BCUT2D eigenvalue weighted by atomic mass is 35.5. The van der Waals surface area contributed by atoms with Gasteiger partial charge in [0.15, 0.2) is 6.29 Å². The monoisotopic (exact) mass is 246 g/mol. The van der Waals surface area contributed by atoms with Crippen molar-refractivity contribution in [2.45, 2.75) is 76.2 Å². The number of halogens is 1. The van der Waals surface area contributed by atoms with E-state index < -0.39 is 0 Å². The van der Waals surface area contributed by atoms with Gasteiger partial charge in [0, 0.05) is 11.3 Å². The highest BCUT2D eigenvalue weighted by Crippen LogP contribution is 2.35. The van der Waals surface area contributed by atoms with Gasteiger partial charge in [-0.15, -0.1) is 11.6 Å². The number of hydrogen-bond donors (Lipinski definition) is 0. The van der Waals surface area contributed by atoms with Gasteiger partial charge < -0.3 is 9.47 Å². The van der Waals surface area contributed by atoms with Gasteiger partial charge in [-0.05, 0) is 39.0 Å². The van der Waals surface area contributed by atoms with Crippen LogP contribution in [0.25, 0.3) is 0 Å². The van der Waals surface area contributed by atoms with Gasteiger partial charge in [0.1, 0.15) is 0 Å². The van der Waals surface area contributed by atoms with Gasteiger partial charge in [-0.2, -0.15) is 0 Å². The largest absolute Gasteiger partial charge is 0.349 e. The number of hydrogen-bond acceptors (Lipinski definition) is 2. The van der Waals surface area contributed by atoms with Gasteiger partial charge in [0.2, 0.25) is 0 Å². The molecular weight excluding hydrogens is 224 g/mol. The molecule has 0 bridgehead atoms. The van der Waals surface area contributed by atoms with Crippen LogP contribution in [-0.4, -0.2) is 23.9 Å². The summed E-state index contributed by atoms with van der Waals surface area (Å²) in [5.41, 5.74) is 0. The van der Waals surface area contributed by atoms with Crippen LogP contribution in [0.5, 0.6) is 0 Å². The highest BCUT2D eigenvalue weighted by molar-refractivity contribution is 6.20. The van der Waals surface area contributed by atoms with Gasteiger partial charge in [-0.25, -0.2) is 0 Å². The van der Waals surface area contributed by atoms with E-state index in [1.54, 1.807) is 0 Å². The SMILES string of the molecule is CCC1CC(C)OC(C2CCCC(Cl)C2)O1. The standard InChI is InChI=1S/C13H23ClO2/c1-3-12-7-9(2)15-13(16-12)10-5-4-6-11(14)8-10/h9-13H,3-8H2,1-2H3. The number of ether oxygens (including phenoxy) is 2. The van der Waals surface area contributed by atoms with Crippen molar-refractivity contribution in [1.29, 1.82) is 0 Å². The maximum atomic E-state index is 6.23. The summed E-state index contributed by atoms with van der Waals surface area (Å²) in [6, 6.07) is 0. The Morgan fingerprint density at radius 1 is 1.19 bits per heavy atom. The molecule has 5 unspecified atom stereocenters. The van der Waals surface area contributed by atoms with E-state index in [4.69, 9.17) is 21.1 Å². The normalized spacial score (nSPS) is 45.6. The second-order valence-corrected chi connectivity index (χ2v) is 5.86. The molecule has 2 aliphatic rings. The van der Waals surface area contributed by atoms with Gasteiger partial charge in [0.05, 0.1) is 12.2 Å². The Balaban J connectivity index is 1.91. The summed E-state index contributed by atoms with van der Waals surface area (Å²) in [6.07, 6.45) is 7.45. The molecule has 2 rings (SSSR count). The number of alkyl halides is 1. The first-order valence-electron chi connectivity index (χ1n) is 6.64. The molecule has 1 heterocycles. The quantitative estimate of drug-likeness (QED) is 0.692. The summed E-state index contributed by atoms with van der Waals surface area (Å²) in [5, 5.41) is 0.322. The highest BCUT2D eigenvalue weighted by Gasteiger charge is 2.35. The lowest BCUT2D eigenvalue weighted by Gasteiger charge is -2.40. The van der Waals surface area contributed by atoms with Crippen molar-refractivity contribution in [2.24, 2.45) is 5.92 Å². The molecule has 5 atom stereocenters. The van der Waals surface area contributed by atoms with E-state index in [9.17, 15) is 0 Å². The molecule has 1 aliphatic carbocycles. The fraction of sp³-hybridized carbons (Fsp3) is 1.00. The summed E-state index contributed by atoms with van der Waals surface area (Å²) in [4.78, 5) is 0. The maximum Gasteiger partial charge on any atom is 0.161 e. The Morgan fingerprint density at radius 2 is 2.00 bits per heavy atom. The van der Waals surface area contributed by atoms with Crippen LogP contribution in [-0.2, 0) is 9.47 Å². The zero-order chi connectivity index (χ0) is 11.5. The van der Waals surface area contributed by atoms with Gasteiger partial charge >= 0.3 is 0 Å². The van der Waals surface area contributed by atoms with Crippen molar-refractivity contribution < 1.29 is 9.47 Å². The van der Waals surface area contributed by atoms with Crippen LogP contribution in [0.4, 0.5) is 0 Å². The Morgan fingerprint density at radius 3 is 2.69 bits per heavy atom. The molecule has 0 N–H and O–H groups in total. The van der Waals surface area contributed by atoms with Gasteiger partial charge in [-0.3, -0.25) is 0 Å². The number of rotatable bonds is 2. The molecule has 94 valence electrons. The summed E-state index contributed by atoms with van der Waals surface area (Å²) < 4.78 is 11.9. The van der Waals surface area contributed by atoms with Gasteiger partial charge in [0.25, 0.3) is 0 Å². The lowest BCUT2D eigenvalue weighted by molar-refractivity contribution is -0.262. The van der Waals surface area contributed by atoms with Crippen molar-refractivity contribution in [3.05, 3.63) is 0 Å². The molecule has 2 fully saturated rings. The molecule has 1 saturated carbocycles. The van der Waals surface area contributed by atoms with E-state index in [0.717, 1.165) is 25.7 Å². The molecule has 0 aromatic rings. The minimum absolute atomic E-state index is 0.00440. The molecule has 0 radical (unpaired) electrons. The fourth-order valence-corrected chi connectivity index (χ4v) is 3.21. The van der Waals surface area contributed by atoms with Crippen molar-refractivity contribution in [1.82, 2.24) is 0 Å². The Kier molecular flexibility index (Phi) is 4.51. The summed E-state index contributed by atoms with van der Waals surface area (Å²) in [5.74, 6) is 0.507. The predicted molar refractivity (Wildman–Crippen MR) is 65.7 cm³/mol. The Hall–Kier alpha value is 0.210. The molecule has 1 saturated heterocycles. The van der Waals surface area contributed by atoms with Crippen molar-refractivity contribution >= 4 is 11.6 Å². The summed E-state index contributed by atoms with van der Waals surface area (Å²) in [7, 11) is 0. The molecule has 1 aliphatic heterocycles. The molecule has 2 nitrogen and oxygen atoms in total. The van der Waals surface area contributed by atoms with E-state index in [0.29, 0.717) is 23.5 Å². The summed E-state index contributed by atoms with van der Waals surface area (Å²) in [6.45, 7) is 4.34. The minimum atomic E-state index is -0.00440. The van der Waals surface area contributed by atoms with Crippen LogP contribution in [0, 0.1) is 5.92 Å². The van der Waals surface area contributed by atoms with Crippen molar-refractivity contribution in [3.8, 4) is 0 Å². The Bertz CT molecular complexity index is 222. The second kappa shape index (κ2) is 5.70. The van der Waals surface area contributed by atoms with E-state index in [-0.39, 0.29) is 6.29 Å². The average molecular weight is 247 g/mol. The lowest BCUT2D eigenvalue weighted by atomic mass is 9.88. The van der Waals surface area contributed by atoms with Crippen LogP contribution in [0.2, 0.25) is 0 Å². The van der Waals surface area contributed by atoms with Crippen molar-refractivity contribution in [3.63, 3.8) is 0 Å². The average Bonchev–Trinajstić information content (AvgIpc) is 2.28. The molecule has 0 spiro atoms. The smallest absolute Gasteiger partial charge is 0.161 e. The lowest BCUT2D eigenvalue weighted by Crippen LogP contribution is -2.42. The van der Waals surface area contributed by atoms with Crippen LogP contribution in [0.3, 0.4) is 0 Å². The van der Waals surface area contributed by atoms with Gasteiger partial charge in [-0.1, -0.05) is 13.3 Å². The van der Waals surface area contributed by atoms with E-state index in [1.165, 1.54) is 12.8 Å². The second-order valence-electron chi connectivity index (χ2n) is 5.24. The molecule has 0 aromatic carbocycles. The third kappa shape index (κ3) is 3.12. The van der Waals surface area contributed by atoms with Crippen LogP contribution in [0.15, 0.2) is 0 Å². The molecule has 16 heavy (non-hydrogen) atoms. The maximum absolute atomic E-state index is 6.23. The Labute approximate surface area is 104 Å². The zero-order valence-corrected chi connectivity index (χ0v) is 11.1. The van der Waals surface area contributed by atoms with E-state index in [2.05, 4.69) is 13.8 Å². The van der Waals surface area contributed by atoms with Crippen LogP contribution < -0.4 is 0 Å². The molecular formula is C13H23ClO2. The van der Waals surface area contributed by atoms with Crippen LogP contribution >= 0.6 is 11.6 Å². The minimum Gasteiger partial charge on any atom is -0.349 e. The topological polar surface area (TPSA) is 18.5 Å². The predicted octanol–water partition coefficient (Wildman–Crippen LogP) is 3.71. The van der Waals surface area contributed by atoms with E-state index in [1.807, 2.05) is 0 Å². The third-order valence-corrected chi connectivity index (χ3v) is 4.18. The summed E-state index contributed by atoms with van der Waals surface area (Å²) >= 11 is 6.23. The molecule has 3 heteroatoms. The molecule has 0 amide bonds. The fourth-order valence-electron chi connectivity index (χ4n) is 2.83. The van der Waals surface area contributed by atoms with E-state index >= 15 is 0 Å². The van der Waals surface area contributed by atoms with Crippen LogP contribution in [0.1, 0.15) is 52.4 Å². The third-order valence-electron chi connectivity index (χ3n) is 3.78. The zero-order valence-electron chi connectivity index (χ0n) is 10.3. The molecule has 0 aromatic heterocycles. The van der Waals surface area contributed by atoms with Crippen molar-refractivity contribution in [2.75, 3.05) is 0 Å². The first-order valence-corrected chi connectivity index (χ1v) is 7.07.